The fourth-order valence-electron chi connectivity index (χ4n) is 2.01. The van der Waals surface area contributed by atoms with Gasteiger partial charge < -0.3 is 10.1 Å². The van der Waals surface area contributed by atoms with E-state index in [2.05, 4.69) is 25.2 Å². The van der Waals surface area contributed by atoms with Gasteiger partial charge in [-0.1, -0.05) is 37.3 Å². The molecule has 0 aliphatic heterocycles. The second-order valence-corrected chi connectivity index (χ2v) is 5.17. The van der Waals surface area contributed by atoms with Gasteiger partial charge in [0.15, 0.2) is 0 Å². The highest BCUT2D eigenvalue weighted by atomic mass is 19.1. The number of rotatable bonds is 7. The van der Waals surface area contributed by atoms with Crippen molar-refractivity contribution in [1.82, 2.24) is 5.32 Å². The van der Waals surface area contributed by atoms with E-state index in [1.807, 2.05) is 18.2 Å². The van der Waals surface area contributed by atoms with Crippen molar-refractivity contribution in [2.45, 2.75) is 39.5 Å². The molecular weight excluding hydrogens is 265 g/mol. The summed E-state index contributed by atoms with van der Waals surface area (Å²) in [6.45, 7) is 5.62. The molecule has 3 heteroatoms. The third kappa shape index (κ3) is 4.87. The summed E-state index contributed by atoms with van der Waals surface area (Å²) < 4.78 is 18.8. The topological polar surface area (TPSA) is 21.3 Å². The quantitative estimate of drug-likeness (QED) is 0.820. The summed E-state index contributed by atoms with van der Waals surface area (Å²) in [4.78, 5) is 0. The molecule has 0 fully saturated rings. The van der Waals surface area contributed by atoms with Crippen LogP contribution in [0.25, 0.3) is 0 Å². The Morgan fingerprint density at radius 3 is 2.48 bits per heavy atom. The number of halogens is 1. The second kappa shape index (κ2) is 7.79. The van der Waals surface area contributed by atoms with E-state index >= 15 is 0 Å². The minimum Gasteiger partial charge on any atom is -0.490 e. The first-order valence-corrected chi connectivity index (χ1v) is 7.38. The number of nitrogens with one attached hydrogen (secondary N) is 1. The molecule has 2 aromatic carbocycles. The van der Waals surface area contributed by atoms with Gasteiger partial charge >= 0.3 is 0 Å². The van der Waals surface area contributed by atoms with Crippen LogP contribution >= 0.6 is 0 Å². The van der Waals surface area contributed by atoms with Crippen molar-refractivity contribution in [2.24, 2.45) is 0 Å². The van der Waals surface area contributed by atoms with E-state index in [1.165, 1.54) is 12.1 Å². The third-order valence-electron chi connectivity index (χ3n) is 3.43. The van der Waals surface area contributed by atoms with Crippen LogP contribution in [0.15, 0.2) is 48.5 Å². The number of para-hydroxylation sites is 1. The van der Waals surface area contributed by atoms with Crippen LogP contribution in [0.4, 0.5) is 4.39 Å². The fraction of sp³-hybridized carbons (Fsp3) is 0.333. The van der Waals surface area contributed by atoms with E-state index in [1.54, 1.807) is 12.1 Å². The molecule has 1 atom stereocenters. The maximum absolute atomic E-state index is 12.8. The van der Waals surface area contributed by atoms with E-state index < -0.39 is 0 Å². The standard InChI is InChI=1S/C18H22FNO/c1-3-14(2)21-18-7-5-4-6-16(18)13-20-12-15-8-10-17(19)11-9-15/h4-11,14,20H,3,12-13H2,1-2H3. The van der Waals surface area contributed by atoms with E-state index in [4.69, 9.17) is 4.74 Å². The zero-order chi connectivity index (χ0) is 15.1. The summed E-state index contributed by atoms with van der Waals surface area (Å²) in [7, 11) is 0. The van der Waals surface area contributed by atoms with E-state index in [-0.39, 0.29) is 11.9 Å². The van der Waals surface area contributed by atoms with Crippen LogP contribution in [0, 0.1) is 5.82 Å². The van der Waals surface area contributed by atoms with Gasteiger partial charge in [-0.15, -0.1) is 0 Å². The lowest BCUT2D eigenvalue weighted by atomic mass is 10.1. The van der Waals surface area contributed by atoms with Gasteiger partial charge in [0.05, 0.1) is 6.10 Å². The molecule has 0 heterocycles. The lowest BCUT2D eigenvalue weighted by Crippen LogP contribution is -2.16. The normalized spacial score (nSPS) is 12.1. The first kappa shape index (κ1) is 15.5. The Kier molecular flexibility index (Phi) is 5.76. The summed E-state index contributed by atoms with van der Waals surface area (Å²) in [6, 6.07) is 14.6. The van der Waals surface area contributed by atoms with Gasteiger partial charge in [-0.2, -0.15) is 0 Å². The minimum absolute atomic E-state index is 0.203. The van der Waals surface area contributed by atoms with Crippen LogP contribution in [0.5, 0.6) is 5.75 Å². The molecule has 21 heavy (non-hydrogen) atoms. The van der Waals surface area contributed by atoms with Gasteiger partial charge in [0, 0.05) is 18.7 Å². The van der Waals surface area contributed by atoms with Crippen molar-refractivity contribution in [3.8, 4) is 5.75 Å². The maximum atomic E-state index is 12.8. The molecule has 112 valence electrons. The zero-order valence-electron chi connectivity index (χ0n) is 12.6. The highest BCUT2D eigenvalue weighted by molar-refractivity contribution is 5.33. The van der Waals surface area contributed by atoms with Crippen molar-refractivity contribution in [3.63, 3.8) is 0 Å². The van der Waals surface area contributed by atoms with E-state index in [9.17, 15) is 4.39 Å². The summed E-state index contributed by atoms with van der Waals surface area (Å²) in [6.07, 6.45) is 1.19. The van der Waals surface area contributed by atoms with Gasteiger partial charge in [0.2, 0.25) is 0 Å². The van der Waals surface area contributed by atoms with Crippen molar-refractivity contribution in [2.75, 3.05) is 0 Å². The van der Waals surface area contributed by atoms with Crippen LogP contribution in [0.2, 0.25) is 0 Å². The second-order valence-electron chi connectivity index (χ2n) is 5.17. The van der Waals surface area contributed by atoms with Crippen LogP contribution in [-0.2, 0) is 13.1 Å². The first-order valence-electron chi connectivity index (χ1n) is 7.38. The largest absolute Gasteiger partial charge is 0.490 e. The smallest absolute Gasteiger partial charge is 0.124 e. The Balaban J connectivity index is 1.92. The number of benzene rings is 2. The molecule has 1 unspecified atom stereocenters. The first-order chi connectivity index (χ1) is 10.2. The third-order valence-corrected chi connectivity index (χ3v) is 3.43. The summed E-state index contributed by atoms with van der Waals surface area (Å²) in [5, 5.41) is 3.37. The van der Waals surface area contributed by atoms with Crippen molar-refractivity contribution in [3.05, 3.63) is 65.5 Å². The van der Waals surface area contributed by atoms with Crippen LogP contribution < -0.4 is 10.1 Å². The molecule has 0 aliphatic rings. The maximum Gasteiger partial charge on any atom is 0.124 e. The Labute approximate surface area is 126 Å². The molecule has 0 bridgehead atoms. The fourth-order valence-corrected chi connectivity index (χ4v) is 2.01. The van der Waals surface area contributed by atoms with Gasteiger partial charge in [-0.05, 0) is 37.1 Å². The van der Waals surface area contributed by atoms with E-state index in [0.717, 1.165) is 29.8 Å². The molecule has 2 nitrogen and oxygen atoms in total. The minimum atomic E-state index is -0.203. The number of hydrogen-bond acceptors (Lipinski definition) is 2. The monoisotopic (exact) mass is 287 g/mol. The average Bonchev–Trinajstić information content (AvgIpc) is 2.51. The molecular formula is C18H22FNO. The molecule has 0 aliphatic carbocycles. The van der Waals surface area contributed by atoms with Gasteiger partial charge in [-0.25, -0.2) is 4.39 Å². The molecule has 0 radical (unpaired) electrons. The Morgan fingerprint density at radius 2 is 1.76 bits per heavy atom. The summed E-state index contributed by atoms with van der Waals surface area (Å²) >= 11 is 0. The highest BCUT2D eigenvalue weighted by Crippen LogP contribution is 2.20. The van der Waals surface area contributed by atoms with Crippen molar-refractivity contribution in [1.29, 1.82) is 0 Å². The Bertz CT molecular complexity index is 553. The summed E-state index contributed by atoms with van der Waals surface area (Å²) in [5.74, 6) is 0.726. The molecule has 0 amide bonds. The number of hydrogen-bond donors (Lipinski definition) is 1. The Morgan fingerprint density at radius 1 is 1.05 bits per heavy atom. The predicted molar refractivity (Wildman–Crippen MR) is 83.8 cm³/mol. The molecule has 0 saturated heterocycles. The van der Waals surface area contributed by atoms with Crippen LogP contribution in [-0.4, -0.2) is 6.10 Å². The van der Waals surface area contributed by atoms with Gasteiger partial charge in [-0.3, -0.25) is 0 Å². The molecule has 0 aromatic heterocycles. The lowest BCUT2D eigenvalue weighted by molar-refractivity contribution is 0.215. The lowest BCUT2D eigenvalue weighted by Gasteiger charge is -2.16. The van der Waals surface area contributed by atoms with E-state index in [0.29, 0.717) is 6.54 Å². The van der Waals surface area contributed by atoms with Crippen LogP contribution in [0.3, 0.4) is 0 Å². The predicted octanol–water partition coefficient (Wildman–Crippen LogP) is 4.29. The van der Waals surface area contributed by atoms with Crippen molar-refractivity contribution < 1.29 is 9.13 Å². The SMILES string of the molecule is CCC(C)Oc1ccccc1CNCc1ccc(F)cc1. The highest BCUT2D eigenvalue weighted by Gasteiger charge is 2.06. The Hall–Kier alpha value is -1.87. The number of ether oxygens (including phenoxy) is 1. The molecule has 1 N–H and O–H groups in total. The average molecular weight is 287 g/mol. The molecule has 2 rings (SSSR count). The van der Waals surface area contributed by atoms with Crippen molar-refractivity contribution >= 4 is 0 Å². The molecule has 0 saturated carbocycles. The zero-order valence-corrected chi connectivity index (χ0v) is 12.6. The van der Waals surface area contributed by atoms with Gasteiger partial charge in [0.25, 0.3) is 0 Å². The van der Waals surface area contributed by atoms with Crippen LogP contribution in [0.1, 0.15) is 31.4 Å². The molecule has 2 aromatic rings. The van der Waals surface area contributed by atoms with Gasteiger partial charge in [0.1, 0.15) is 11.6 Å². The molecule has 0 spiro atoms. The summed E-state index contributed by atoms with van der Waals surface area (Å²) in [5.41, 5.74) is 2.21.